The standard InChI is InChI=1S/C11H5FN4O3/c12-8-1-2-9(16(17)18)10(5-8)19-11-7(6-13)3-4-14-15-11/h1-5H. The van der Waals surface area contributed by atoms with Crippen molar-refractivity contribution in [3.05, 3.63) is 52.0 Å². The third-order valence-corrected chi connectivity index (χ3v) is 2.13. The largest absolute Gasteiger partial charge is 0.429 e. The molecule has 1 aromatic carbocycles. The molecule has 2 rings (SSSR count). The zero-order valence-corrected chi connectivity index (χ0v) is 9.28. The predicted molar refractivity (Wildman–Crippen MR) is 59.9 cm³/mol. The molecular weight excluding hydrogens is 255 g/mol. The van der Waals surface area contributed by atoms with Gasteiger partial charge in [-0.15, -0.1) is 5.10 Å². The van der Waals surface area contributed by atoms with Gasteiger partial charge < -0.3 is 4.74 Å². The summed E-state index contributed by atoms with van der Waals surface area (Å²) in [5, 5.41) is 26.6. The molecule has 94 valence electrons. The lowest BCUT2D eigenvalue weighted by Gasteiger charge is -2.05. The highest BCUT2D eigenvalue weighted by molar-refractivity contribution is 5.49. The zero-order chi connectivity index (χ0) is 13.8. The second-order valence-corrected chi connectivity index (χ2v) is 3.33. The van der Waals surface area contributed by atoms with Gasteiger partial charge in [0.1, 0.15) is 17.4 Å². The minimum absolute atomic E-state index is 0.0357. The van der Waals surface area contributed by atoms with E-state index in [9.17, 15) is 14.5 Å². The first kappa shape index (κ1) is 12.4. The van der Waals surface area contributed by atoms with Crippen molar-refractivity contribution < 1.29 is 14.1 Å². The van der Waals surface area contributed by atoms with E-state index in [1.807, 2.05) is 0 Å². The molecular formula is C11H5FN4O3. The number of hydrogen-bond acceptors (Lipinski definition) is 6. The van der Waals surface area contributed by atoms with Crippen LogP contribution >= 0.6 is 0 Å². The van der Waals surface area contributed by atoms with Gasteiger partial charge in [0.15, 0.2) is 0 Å². The number of rotatable bonds is 3. The third kappa shape index (κ3) is 2.61. The molecule has 0 fully saturated rings. The highest BCUT2D eigenvalue weighted by Crippen LogP contribution is 2.31. The van der Waals surface area contributed by atoms with E-state index >= 15 is 0 Å². The molecule has 0 aliphatic rings. The van der Waals surface area contributed by atoms with Crippen LogP contribution in [0, 0.1) is 27.3 Å². The molecule has 0 saturated heterocycles. The van der Waals surface area contributed by atoms with Crippen LogP contribution in [0.4, 0.5) is 10.1 Å². The highest BCUT2D eigenvalue weighted by atomic mass is 19.1. The number of benzene rings is 1. The molecule has 0 unspecified atom stereocenters. The van der Waals surface area contributed by atoms with Crippen molar-refractivity contribution in [3.63, 3.8) is 0 Å². The van der Waals surface area contributed by atoms with Crippen LogP contribution in [0.3, 0.4) is 0 Å². The normalized spacial score (nSPS) is 9.68. The fourth-order valence-corrected chi connectivity index (χ4v) is 1.30. The Bertz CT molecular complexity index is 684. The number of hydrogen-bond donors (Lipinski definition) is 0. The summed E-state index contributed by atoms with van der Waals surface area (Å²) >= 11 is 0. The molecule has 19 heavy (non-hydrogen) atoms. The monoisotopic (exact) mass is 260 g/mol. The Kier molecular flexibility index (Phi) is 3.29. The van der Waals surface area contributed by atoms with Gasteiger partial charge in [0.25, 0.3) is 5.88 Å². The average molecular weight is 260 g/mol. The van der Waals surface area contributed by atoms with Crippen LogP contribution in [0.25, 0.3) is 0 Å². The van der Waals surface area contributed by atoms with E-state index in [1.54, 1.807) is 6.07 Å². The number of nitriles is 1. The number of nitrogens with zero attached hydrogens (tertiary/aromatic N) is 4. The van der Waals surface area contributed by atoms with E-state index in [4.69, 9.17) is 10.00 Å². The molecule has 1 aromatic heterocycles. The van der Waals surface area contributed by atoms with E-state index in [2.05, 4.69) is 10.2 Å². The molecule has 0 atom stereocenters. The SMILES string of the molecule is N#Cc1ccnnc1Oc1cc(F)ccc1[N+](=O)[O-]. The van der Waals surface area contributed by atoms with E-state index < -0.39 is 16.4 Å². The first-order chi connectivity index (χ1) is 9.11. The van der Waals surface area contributed by atoms with Gasteiger partial charge >= 0.3 is 5.69 Å². The molecule has 8 heteroatoms. The maximum absolute atomic E-state index is 13.1. The summed E-state index contributed by atoms with van der Waals surface area (Å²) in [4.78, 5) is 10.1. The number of nitro benzene ring substituents is 1. The second kappa shape index (κ2) is 5.05. The van der Waals surface area contributed by atoms with Gasteiger partial charge in [-0.3, -0.25) is 10.1 Å². The molecule has 0 bridgehead atoms. The van der Waals surface area contributed by atoms with Gasteiger partial charge in [-0.2, -0.15) is 10.4 Å². The Morgan fingerprint density at radius 2 is 2.21 bits per heavy atom. The molecule has 0 aliphatic carbocycles. The van der Waals surface area contributed by atoms with E-state index in [1.165, 1.54) is 12.3 Å². The smallest absolute Gasteiger partial charge is 0.311 e. The minimum atomic E-state index is -0.725. The molecule has 0 spiro atoms. The molecule has 0 saturated carbocycles. The minimum Gasteiger partial charge on any atom is -0.429 e. The number of ether oxygens (including phenoxy) is 1. The van der Waals surface area contributed by atoms with Crippen LogP contribution < -0.4 is 4.74 Å². The van der Waals surface area contributed by atoms with E-state index in [-0.39, 0.29) is 17.2 Å². The molecule has 0 aliphatic heterocycles. The maximum atomic E-state index is 13.1. The Balaban J connectivity index is 2.46. The van der Waals surface area contributed by atoms with Crippen molar-refractivity contribution in [2.75, 3.05) is 0 Å². The molecule has 1 heterocycles. The van der Waals surface area contributed by atoms with Gasteiger partial charge in [0.2, 0.25) is 5.75 Å². The van der Waals surface area contributed by atoms with Crippen LogP contribution in [0.1, 0.15) is 5.56 Å². The summed E-state index contributed by atoms with van der Waals surface area (Å²) in [6, 6.07) is 5.86. The summed E-state index contributed by atoms with van der Waals surface area (Å²) in [7, 11) is 0. The van der Waals surface area contributed by atoms with Crippen molar-refractivity contribution in [3.8, 4) is 17.7 Å². The van der Waals surface area contributed by atoms with Gasteiger partial charge in [-0.1, -0.05) is 0 Å². The van der Waals surface area contributed by atoms with Crippen molar-refractivity contribution in [2.45, 2.75) is 0 Å². The van der Waals surface area contributed by atoms with Gasteiger partial charge in [0, 0.05) is 12.1 Å². The van der Waals surface area contributed by atoms with Crippen molar-refractivity contribution in [1.82, 2.24) is 10.2 Å². The molecule has 0 amide bonds. The van der Waals surface area contributed by atoms with E-state index in [0.717, 1.165) is 18.2 Å². The van der Waals surface area contributed by atoms with Crippen molar-refractivity contribution >= 4 is 5.69 Å². The first-order valence-electron chi connectivity index (χ1n) is 4.95. The Labute approximate surface area is 106 Å². The molecule has 7 nitrogen and oxygen atoms in total. The Morgan fingerprint density at radius 3 is 2.89 bits per heavy atom. The van der Waals surface area contributed by atoms with Crippen LogP contribution in [-0.4, -0.2) is 15.1 Å². The lowest BCUT2D eigenvalue weighted by molar-refractivity contribution is -0.385. The molecule has 2 aromatic rings. The van der Waals surface area contributed by atoms with Crippen molar-refractivity contribution in [2.24, 2.45) is 0 Å². The number of aromatic nitrogens is 2. The number of halogens is 1. The number of nitro groups is 1. The first-order valence-corrected chi connectivity index (χ1v) is 4.95. The van der Waals surface area contributed by atoms with Gasteiger partial charge in [-0.25, -0.2) is 4.39 Å². The highest BCUT2D eigenvalue weighted by Gasteiger charge is 2.18. The summed E-state index contributed by atoms with van der Waals surface area (Å²) in [5.74, 6) is -1.27. The molecule has 0 N–H and O–H groups in total. The topological polar surface area (TPSA) is 102 Å². The van der Waals surface area contributed by atoms with Gasteiger partial charge in [-0.05, 0) is 12.1 Å². The molecule has 0 radical (unpaired) electrons. The Hall–Kier alpha value is -3.08. The fraction of sp³-hybridized carbons (Fsp3) is 0. The third-order valence-electron chi connectivity index (χ3n) is 2.13. The van der Waals surface area contributed by atoms with Crippen molar-refractivity contribution in [1.29, 1.82) is 5.26 Å². The zero-order valence-electron chi connectivity index (χ0n) is 9.28. The lowest BCUT2D eigenvalue weighted by Crippen LogP contribution is -1.98. The van der Waals surface area contributed by atoms with Crippen LogP contribution in [-0.2, 0) is 0 Å². The maximum Gasteiger partial charge on any atom is 0.311 e. The van der Waals surface area contributed by atoms with E-state index in [0.29, 0.717) is 0 Å². The fourth-order valence-electron chi connectivity index (χ4n) is 1.30. The lowest BCUT2D eigenvalue weighted by atomic mass is 10.3. The Morgan fingerprint density at radius 1 is 1.42 bits per heavy atom. The van der Waals surface area contributed by atoms with Gasteiger partial charge in [0.05, 0.1) is 11.1 Å². The van der Waals surface area contributed by atoms with Crippen LogP contribution in [0.5, 0.6) is 11.6 Å². The average Bonchev–Trinajstić information content (AvgIpc) is 2.39. The van der Waals surface area contributed by atoms with Crippen LogP contribution in [0.15, 0.2) is 30.5 Å². The quantitative estimate of drug-likeness (QED) is 0.619. The summed E-state index contributed by atoms with van der Waals surface area (Å²) in [5.41, 5.74) is -0.399. The second-order valence-electron chi connectivity index (χ2n) is 3.33. The summed E-state index contributed by atoms with van der Waals surface area (Å²) in [6.07, 6.45) is 1.27. The van der Waals surface area contributed by atoms with Crippen LogP contribution in [0.2, 0.25) is 0 Å². The summed E-state index contributed by atoms with van der Waals surface area (Å²) in [6.45, 7) is 0. The summed E-state index contributed by atoms with van der Waals surface area (Å²) < 4.78 is 18.2. The predicted octanol–water partition coefficient (Wildman–Crippen LogP) is 2.19.